The summed E-state index contributed by atoms with van der Waals surface area (Å²) in [4.78, 5) is 5.61. The molecule has 0 aromatic heterocycles. The van der Waals surface area contributed by atoms with Gasteiger partial charge in [-0.3, -0.25) is 4.58 Å². The van der Waals surface area contributed by atoms with Crippen molar-refractivity contribution in [1.82, 2.24) is 0 Å². The van der Waals surface area contributed by atoms with Gasteiger partial charge in [0.15, 0.2) is 6.29 Å². The number of unbranched alkanes of at least 4 members (excludes halogenated alkanes) is 1. The van der Waals surface area contributed by atoms with Gasteiger partial charge in [-0.1, -0.05) is 46.6 Å². The van der Waals surface area contributed by atoms with E-state index < -0.39 is 8.32 Å². The van der Waals surface area contributed by atoms with E-state index in [-0.39, 0.29) is 17.4 Å². The molecule has 0 fully saturated rings. The minimum atomic E-state index is -1.89. The Hall–Kier alpha value is -0.203. The average Bonchev–Trinajstić information content (AvgIpc) is 2.44. The summed E-state index contributed by atoms with van der Waals surface area (Å²) in [6, 6.07) is 0. The number of ether oxygens (including phenoxy) is 2. The summed E-state index contributed by atoms with van der Waals surface area (Å²) in [6.07, 6.45) is 7.39. The van der Waals surface area contributed by atoms with Crippen molar-refractivity contribution in [2.75, 3.05) is 13.7 Å². The Morgan fingerprint density at radius 3 is 2.41 bits per heavy atom. The normalized spacial score (nSPS) is 26.4. The van der Waals surface area contributed by atoms with E-state index in [1.54, 1.807) is 7.11 Å². The quantitative estimate of drug-likeness (QED) is 0.280. The smallest absolute Gasteiger partial charge is 0.238 e. The van der Waals surface area contributed by atoms with Crippen LogP contribution in [0.1, 0.15) is 47.0 Å². The molecule has 4 nitrogen and oxygen atoms in total. The average molecular weight is 331 g/mol. The standard InChI is InChI=1S/C17H34O4Si/c1-8-9-10-14-11-12-16(18-5)20-15(14)13-19-21-22(6,7)17(2,3)4/h11-12,14-16H,8-10,13H2,1-7H3/t14-,15-,16+/m1/s1. The van der Waals surface area contributed by atoms with Crippen LogP contribution in [0.25, 0.3) is 0 Å². The molecule has 5 heteroatoms. The Morgan fingerprint density at radius 2 is 1.86 bits per heavy atom. The number of methoxy groups -OCH3 is 1. The molecule has 0 amide bonds. The minimum Gasteiger partial charge on any atom is -0.352 e. The highest BCUT2D eigenvalue weighted by Crippen LogP contribution is 2.36. The number of hydrogen-bond donors (Lipinski definition) is 0. The predicted octanol–water partition coefficient (Wildman–Crippen LogP) is 4.67. The fourth-order valence-corrected chi connectivity index (χ4v) is 2.68. The van der Waals surface area contributed by atoms with E-state index in [1.165, 1.54) is 12.8 Å². The molecule has 1 aliphatic heterocycles. The third-order valence-corrected chi connectivity index (χ3v) is 8.88. The van der Waals surface area contributed by atoms with Crippen LogP contribution in [0, 0.1) is 5.92 Å². The van der Waals surface area contributed by atoms with Gasteiger partial charge in [0.05, 0.1) is 6.10 Å². The van der Waals surface area contributed by atoms with E-state index in [9.17, 15) is 0 Å². The third kappa shape index (κ3) is 5.78. The van der Waals surface area contributed by atoms with Gasteiger partial charge < -0.3 is 9.47 Å². The van der Waals surface area contributed by atoms with E-state index in [4.69, 9.17) is 18.9 Å². The first-order chi connectivity index (χ1) is 10.2. The van der Waals surface area contributed by atoms with E-state index >= 15 is 0 Å². The molecule has 1 heterocycles. The zero-order valence-corrected chi connectivity index (χ0v) is 16.3. The van der Waals surface area contributed by atoms with Crippen LogP contribution in [0.4, 0.5) is 0 Å². The topological polar surface area (TPSA) is 36.9 Å². The van der Waals surface area contributed by atoms with Gasteiger partial charge in [0.1, 0.15) is 6.61 Å². The van der Waals surface area contributed by atoms with Crippen LogP contribution >= 0.6 is 0 Å². The Bertz CT molecular complexity index is 349. The molecule has 130 valence electrons. The number of rotatable bonds is 8. The van der Waals surface area contributed by atoms with Crippen molar-refractivity contribution in [3.8, 4) is 0 Å². The van der Waals surface area contributed by atoms with Gasteiger partial charge in [0.25, 0.3) is 0 Å². The molecule has 1 rings (SSSR count). The molecule has 0 bridgehead atoms. The third-order valence-electron chi connectivity index (χ3n) is 4.73. The second kappa shape index (κ2) is 8.59. The van der Waals surface area contributed by atoms with Gasteiger partial charge in [-0.15, -0.1) is 0 Å². The van der Waals surface area contributed by atoms with Gasteiger partial charge in [0.2, 0.25) is 8.32 Å². The van der Waals surface area contributed by atoms with Crippen LogP contribution in [-0.4, -0.2) is 34.4 Å². The van der Waals surface area contributed by atoms with E-state index in [0.717, 1.165) is 6.42 Å². The highest BCUT2D eigenvalue weighted by atomic mass is 28.4. The molecule has 0 radical (unpaired) electrons. The molecule has 0 spiro atoms. The van der Waals surface area contributed by atoms with Crippen LogP contribution in [0.2, 0.25) is 18.1 Å². The van der Waals surface area contributed by atoms with E-state index in [0.29, 0.717) is 12.5 Å². The molecule has 22 heavy (non-hydrogen) atoms. The first-order valence-electron chi connectivity index (χ1n) is 8.38. The fourth-order valence-electron chi connectivity index (χ4n) is 2.07. The van der Waals surface area contributed by atoms with Crippen LogP contribution in [0.5, 0.6) is 0 Å². The molecule has 0 unspecified atom stereocenters. The largest absolute Gasteiger partial charge is 0.352 e. The molecular weight excluding hydrogens is 296 g/mol. The highest BCUT2D eigenvalue weighted by molar-refractivity contribution is 6.73. The Balaban J connectivity index is 2.55. The van der Waals surface area contributed by atoms with Crippen molar-refractivity contribution in [3.05, 3.63) is 12.2 Å². The minimum absolute atomic E-state index is 0.00808. The van der Waals surface area contributed by atoms with E-state index in [1.807, 2.05) is 6.08 Å². The van der Waals surface area contributed by atoms with Crippen LogP contribution < -0.4 is 0 Å². The maximum Gasteiger partial charge on any atom is 0.238 e. The highest BCUT2D eigenvalue weighted by Gasteiger charge is 2.39. The van der Waals surface area contributed by atoms with Crippen LogP contribution in [0.3, 0.4) is 0 Å². The molecule has 1 aliphatic rings. The first kappa shape index (κ1) is 19.8. The Morgan fingerprint density at radius 1 is 1.18 bits per heavy atom. The molecule has 3 atom stereocenters. The molecule has 0 saturated heterocycles. The molecule has 0 aliphatic carbocycles. The summed E-state index contributed by atoms with van der Waals surface area (Å²) < 4.78 is 17.0. The van der Waals surface area contributed by atoms with Crippen LogP contribution in [-0.2, 0) is 18.9 Å². The molecule has 0 saturated carbocycles. The van der Waals surface area contributed by atoms with Gasteiger partial charge in [-0.05, 0) is 30.6 Å². The molecular formula is C17H34O4Si. The lowest BCUT2D eigenvalue weighted by Crippen LogP contribution is -2.42. The lowest BCUT2D eigenvalue weighted by atomic mass is 9.94. The second-order valence-corrected chi connectivity index (χ2v) is 12.3. The summed E-state index contributed by atoms with van der Waals surface area (Å²) in [7, 11) is -0.231. The lowest BCUT2D eigenvalue weighted by Gasteiger charge is -2.36. The van der Waals surface area contributed by atoms with Crippen molar-refractivity contribution in [3.63, 3.8) is 0 Å². The molecule has 0 N–H and O–H groups in total. The van der Waals surface area contributed by atoms with Crippen molar-refractivity contribution < 1.29 is 18.9 Å². The van der Waals surface area contributed by atoms with Crippen molar-refractivity contribution in [2.24, 2.45) is 5.92 Å². The zero-order valence-electron chi connectivity index (χ0n) is 15.3. The maximum atomic E-state index is 5.95. The van der Waals surface area contributed by atoms with Gasteiger partial charge in [0, 0.05) is 13.0 Å². The summed E-state index contributed by atoms with van der Waals surface area (Å²) in [5, 5.41) is 0.136. The second-order valence-electron chi connectivity index (χ2n) is 7.60. The number of hydrogen-bond acceptors (Lipinski definition) is 4. The Kier molecular flexibility index (Phi) is 7.75. The van der Waals surface area contributed by atoms with Gasteiger partial charge in [-0.25, -0.2) is 4.89 Å². The predicted molar refractivity (Wildman–Crippen MR) is 92.1 cm³/mol. The fraction of sp³-hybridized carbons (Fsp3) is 0.882. The zero-order chi connectivity index (χ0) is 16.8. The lowest BCUT2D eigenvalue weighted by molar-refractivity contribution is -0.260. The maximum absolute atomic E-state index is 5.95. The van der Waals surface area contributed by atoms with Crippen molar-refractivity contribution in [2.45, 2.75) is 77.5 Å². The summed E-state index contributed by atoms with van der Waals surface area (Å²) in [6.45, 7) is 13.6. The molecule has 0 aromatic carbocycles. The van der Waals surface area contributed by atoms with Gasteiger partial charge >= 0.3 is 0 Å². The first-order valence-corrected chi connectivity index (χ1v) is 11.3. The monoisotopic (exact) mass is 330 g/mol. The van der Waals surface area contributed by atoms with Gasteiger partial charge in [-0.2, -0.15) is 0 Å². The summed E-state index contributed by atoms with van der Waals surface area (Å²) in [5.41, 5.74) is 0. The van der Waals surface area contributed by atoms with Crippen LogP contribution in [0.15, 0.2) is 12.2 Å². The Labute approximate surface area is 137 Å². The summed E-state index contributed by atoms with van der Waals surface area (Å²) >= 11 is 0. The van der Waals surface area contributed by atoms with Crippen molar-refractivity contribution >= 4 is 8.32 Å². The van der Waals surface area contributed by atoms with Crippen molar-refractivity contribution in [1.29, 1.82) is 0 Å². The molecule has 0 aromatic rings. The summed E-state index contributed by atoms with van der Waals surface area (Å²) in [5.74, 6) is 0.370. The SMILES string of the molecule is CCCC[C@@H]1C=C[C@@H](OC)O[C@@H]1COO[Si](C)(C)C(C)(C)C. The van der Waals surface area contributed by atoms with E-state index in [2.05, 4.69) is 46.9 Å².